The van der Waals surface area contributed by atoms with Gasteiger partial charge in [-0.15, -0.1) is 0 Å². The van der Waals surface area contributed by atoms with Crippen molar-refractivity contribution in [2.75, 3.05) is 12.4 Å². The van der Waals surface area contributed by atoms with E-state index in [9.17, 15) is 4.79 Å². The maximum atomic E-state index is 10.6. The number of ether oxygens (including phenoxy) is 1. The largest absolute Gasteiger partial charge is 0.492 e. The van der Waals surface area contributed by atoms with Gasteiger partial charge in [0.25, 0.3) is 0 Å². The molecule has 0 aliphatic rings. The van der Waals surface area contributed by atoms with Crippen molar-refractivity contribution in [1.29, 1.82) is 0 Å². The Balaban J connectivity index is 2.43. The number of hydrogen-bond acceptors (Lipinski definition) is 4. The molecule has 0 fully saturated rings. The summed E-state index contributed by atoms with van der Waals surface area (Å²) in [5.74, 6) is -0.113. The minimum absolute atomic E-state index is 0.00494. The number of fused-ring (bicyclic) bond motifs is 1. The Labute approximate surface area is 109 Å². The second-order valence-electron chi connectivity index (χ2n) is 3.59. The number of nitrogens with zero attached hydrogens (tertiary/aromatic N) is 1. The maximum Gasteiger partial charge on any atom is 0.313 e. The first-order valence-corrected chi connectivity index (χ1v) is 6.56. The van der Waals surface area contributed by atoms with Crippen molar-refractivity contribution < 1.29 is 14.6 Å². The van der Waals surface area contributed by atoms with Crippen LogP contribution in [0.5, 0.6) is 5.75 Å². The molecule has 4 nitrogen and oxygen atoms in total. The quantitative estimate of drug-likeness (QED) is 0.840. The van der Waals surface area contributed by atoms with Gasteiger partial charge in [0, 0.05) is 10.8 Å². The molecule has 0 spiro atoms. The van der Waals surface area contributed by atoms with Gasteiger partial charge in [-0.2, -0.15) is 0 Å². The molecule has 1 heterocycles. The molecule has 0 saturated carbocycles. The average molecular weight is 263 g/mol. The topological polar surface area (TPSA) is 59.4 Å². The minimum Gasteiger partial charge on any atom is -0.492 e. The summed E-state index contributed by atoms with van der Waals surface area (Å²) in [6.07, 6.45) is 1.65. The van der Waals surface area contributed by atoms with Gasteiger partial charge in [0.2, 0.25) is 0 Å². The number of pyridine rings is 1. The van der Waals surface area contributed by atoms with E-state index >= 15 is 0 Å². The maximum absolute atomic E-state index is 10.6. The molecular weight excluding hydrogens is 250 g/mol. The van der Waals surface area contributed by atoms with Crippen LogP contribution in [0.1, 0.15) is 6.92 Å². The number of thioether (sulfide) groups is 1. The summed E-state index contributed by atoms with van der Waals surface area (Å²) >= 11 is 1.22. The molecule has 0 aliphatic carbocycles. The molecule has 1 aromatic carbocycles. The summed E-state index contributed by atoms with van der Waals surface area (Å²) < 4.78 is 5.51. The van der Waals surface area contributed by atoms with Crippen LogP contribution in [-0.2, 0) is 4.79 Å². The van der Waals surface area contributed by atoms with Gasteiger partial charge in [0.05, 0.1) is 18.6 Å². The predicted octanol–water partition coefficient (Wildman–Crippen LogP) is 2.81. The van der Waals surface area contributed by atoms with Gasteiger partial charge in [-0.25, -0.2) is 4.98 Å². The number of hydrogen-bond donors (Lipinski definition) is 1. The lowest BCUT2D eigenvalue weighted by Gasteiger charge is -2.09. The Hall–Kier alpha value is -1.75. The van der Waals surface area contributed by atoms with Crippen LogP contribution in [0, 0.1) is 0 Å². The lowest BCUT2D eigenvalue weighted by atomic mass is 10.2. The molecular formula is C13H13NO3S. The highest BCUT2D eigenvalue weighted by atomic mass is 32.2. The molecule has 0 unspecified atom stereocenters. The molecule has 0 amide bonds. The molecule has 0 atom stereocenters. The molecule has 0 bridgehead atoms. The van der Waals surface area contributed by atoms with Crippen molar-refractivity contribution >= 4 is 28.5 Å². The first-order chi connectivity index (χ1) is 8.72. The van der Waals surface area contributed by atoms with Crippen LogP contribution in [0.15, 0.2) is 35.5 Å². The number of carboxylic acid groups (broad SMARTS) is 1. The van der Waals surface area contributed by atoms with Gasteiger partial charge in [-0.3, -0.25) is 4.79 Å². The molecule has 2 aromatic rings. The molecule has 0 radical (unpaired) electrons. The number of aromatic nitrogens is 1. The molecule has 94 valence electrons. The first kappa shape index (κ1) is 12.7. The Morgan fingerprint density at radius 3 is 2.78 bits per heavy atom. The Kier molecular flexibility index (Phi) is 4.04. The molecule has 0 saturated heterocycles. The summed E-state index contributed by atoms with van der Waals surface area (Å²) in [6.45, 7) is 2.50. The predicted molar refractivity (Wildman–Crippen MR) is 71.3 cm³/mol. The smallest absolute Gasteiger partial charge is 0.313 e. The normalized spacial score (nSPS) is 10.5. The van der Waals surface area contributed by atoms with E-state index in [1.54, 1.807) is 6.20 Å². The van der Waals surface area contributed by atoms with Crippen LogP contribution >= 0.6 is 11.8 Å². The third kappa shape index (κ3) is 2.73. The van der Waals surface area contributed by atoms with E-state index < -0.39 is 5.97 Å². The van der Waals surface area contributed by atoms with Gasteiger partial charge < -0.3 is 9.84 Å². The zero-order valence-corrected chi connectivity index (χ0v) is 10.7. The van der Waals surface area contributed by atoms with Crippen LogP contribution in [-0.4, -0.2) is 28.4 Å². The molecule has 18 heavy (non-hydrogen) atoms. The van der Waals surface area contributed by atoms with E-state index in [1.165, 1.54) is 11.8 Å². The lowest BCUT2D eigenvalue weighted by molar-refractivity contribution is -0.133. The van der Waals surface area contributed by atoms with Gasteiger partial charge in [-0.1, -0.05) is 36.0 Å². The number of carbonyl (C=O) groups is 1. The van der Waals surface area contributed by atoms with Crippen molar-refractivity contribution in [2.45, 2.75) is 11.9 Å². The van der Waals surface area contributed by atoms with Gasteiger partial charge in [0.15, 0.2) is 0 Å². The standard InChI is InChI=1S/C13H13NO3S/c1-2-17-11-7-14-13(18-8-12(15)16)10-6-4-3-5-9(10)11/h3-7H,2,8H2,1H3,(H,15,16). The van der Waals surface area contributed by atoms with Gasteiger partial charge in [0.1, 0.15) is 10.8 Å². The highest BCUT2D eigenvalue weighted by Gasteiger charge is 2.09. The SMILES string of the molecule is CCOc1cnc(SCC(=O)O)c2ccccc12. The van der Waals surface area contributed by atoms with E-state index in [0.717, 1.165) is 21.5 Å². The van der Waals surface area contributed by atoms with Crippen molar-refractivity contribution in [3.05, 3.63) is 30.5 Å². The molecule has 5 heteroatoms. The minimum atomic E-state index is -0.847. The first-order valence-electron chi connectivity index (χ1n) is 5.57. The van der Waals surface area contributed by atoms with Crippen LogP contribution < -0.4 is 4.74 Å². The highest BCUT2D eigenvalue weighted by Crippen LogP contribution is 2.31. The highest BCUT2D eigenvalue weighted by molar-refractivity contribution is 8.00. The Morgan fingerprint density at radius 1 is 1.39 bits per heavy atom. The third-order valence-electron chi connectivity index (χ3n) is 2.35. The van der Waals surface area contributed by atoms with Crippen molar-refractivity contribution in [3.63, 3.8) is 0 Å². The average Bonchev–Trinajstić information content (AvgIpc) is 2.38. The summed E-state index contributed by atoms with van der Waals surface area (Å²) in [6, 6.07) is 7.71. The van der Waals surface area contributed by atoms with Gasteiger partial charge >= 0.3 is 5.97 Å². The zero-order chi connectivity index (χ0) is 13.0. The van der Waals surface area contributed by atoms with Crippen LogP contribution in [0.2, 0.25) is 0 Å². The Morgan fingerprint density at radius 2 is 2.11 bits per heavy atom. The zero-order valence-electron chi connectivity index (χ0n) is 9.92. The van der Waals surface area contributed by atoms with E-state index in [4.69, 9.17) is 9.84 Å². The monoisotopic (exact) mass is 263 g/mol. The molecule has 1 aromatic heterocycles. The summed E-state index contributed by atoms with van der Waals surface area (Å²) in [5, 5.41) is 11.3. The molecule has 1 N–H and O–H groups in total. The van der Waals surface area contributed by atoms with Crippen molar-refractivity contribution in [2.24, 2.45) is 0 Å². The van der Waals surface area contributed by atoms with Crippen molar-refractivity contribution in [3.8, 4) is 5.75 Å². The van der Waals surface area contributed by atoms with Gasteiger partial charge in [-0.05, 0) is 6.92 Å². The van der Waals surface area contributed by atoms with E-state index in [-0.39, 0.29) is 5.75 Å². The Bertz CT molecular complexity index is 571. The van der Waals surface area contributed by atoms with E-state index in [0.29, 0.717) is 6.61 Å². The number of carboxylic acids is 1. The summed E-state index contributed by atoms with van der Waals surface area (Å²) in [4.78, 5) is 14.9. The molecule has 2 rings (SSSR count). The van der Waals surface area contributed by atoms with Crippen molar-refractivity contribution in [1.82, 2.24) is 4.98 Å². The van der Waals surface area contributed by atoms with Crippen LogP contribution in [0.3, 0.4) is 0 Å². The second-order valence-corrected chi connectivity index (χ2v) is 4.55. The fourth-order valence-electron chi connectivity index (χ4n) is 1.66. The van der Waals surface area contributed by atoms with Crippen LogP contribution in [0.25, 0.3) is 10.8 Å². The van der Waals surface area contributed by atoms with E-state index in [1.807, 2.05) is 31.2 Å². The fraction of sp³-hybridized carbons (Fsp3) is 0.231. The fourth-order valence-corrected chi connectivity index (χ4v) is 2.38. The summed E-state index contributed by atoms with van der Waals surface area (Å²) in [7, 11) is 0. The lowest BCUT2D eigenvalue weighted by Crippen LogP contribution is -1.99. The second kappa shape index (κ2) is 5.73. The number of aliphatic carboxylic acids is 1. The third-order valence-corrected chi connectivity index (χ3v) is 3.34. The summed E-state index contributed by atoms with van der Waals surface area (Å²) in [5.41, 5.74) is 0. The number of benzene rings is 1. The van der Waals surface area contributed by atoms with E-state index in [2.05, 4.69) is 4.98 Å². The number of rotatable bonds is 5. The van der Waals surface area contributed by atoms with Crippen LogP contribution in [0.4, 0.5) is 0 Å². The molecule has 0 aliphatic heterocycles.